The maximum absolute atomic E-state index is 12.3. The predicted molar refractivity (Wildman–Crippen MR) is 99.0 cm³/mol. The zero-order chi connectivity index (χ0) is 20.3. The monoisotopic (exact) mass is 382 g/mol. The van der Waals surface area contributed by atoms with Gasteiger partial charge in [0, 0.05) is 11.8 Å². The molecule has 0 aromatic heterocycles. The molecule has 0 fully saturated rings. The highest BCUT2D eigenvalue weighted by Gasteiger charge is 2.37. The number of hydrogen-bond acceptors (Lipinski definition) is 6. The second-order valence-electron chi connectivity index (χ2n) is 6.10. The largest absolute Gasteiger partial charge is 0.497 e. The van der Waals surface area contributed by atoms with E-state index in [-0.39, 0.29) is 11.1 Å². The Bertz CT molecular complexity index is 920. The molecule has 0 saturated heterocycles. The molecule has 8 nitrogen and oxygen atoms in total. The van der Waals surface area contributed by atoms with Crippen molar-refractivity contribution in [3.8, 4) is 5.75 Å². The van der Waals surface area contributed by atoms with Crippen molar-refractivity contribution in [2.24, 2.45) is 0 Å². The van der Waals surface area contributed by atoms with Gasteiger partial charge < -0.3 is 14.8 Å². The van der Waals surface area contributed by atoms with Gasteiger partial charge in [0.25, 0.3) is 17.7 Å². The average molecular weight is 382 g/mol. The fourth-order valence-corrected chi connectivity index (χ4v) is 2.74. The Morgan fingerprint density at radius 1 is 1.04 bits per heavy atom. The van der Waals surface area contributed by atoms with Crippen molar-refractivity contribution in [3.63, 3.8) is 0 Å². The molecule has 3 amide bonds. The molecule has 1 aliphatic rings. The predicted octanol–water partition coefficient (Wildman–Crippen LogP) is 1.86. The quantitative estimate of drug-likeness (QED) is 0.604. The summed E-state index contributed by atoms with van der Waals surface area (Å²) in [5.74, 6) is -1.98. The van der Waals surface area contributed by atoms with Crippen LogP contribution in [-0.2, 0) is 14.3 Å². The Morgan fingerprint density at radius 3 is 2.29 bits per heavy atom. The minimum absolute atomic E-state index is 0.240. The van der Waals surface area contributed by atoms with Crippen LogP contribution in [-0.4, -0.2) is 48.3 Å². The number of imide groups is 1. The number of nitrogens with zero attached hydrogens (tertiary/aromatic N) is 1. The third-order valence-electron chi connectivity index (χ3n) is 4.18. The summed E-state index contributed by atoms with van der Waals surface area (Å²) in [6, 6.07) is 13.0. The Labute approximate surface area is 161 Å². The lowest BCUT2D eigenvalue weighted by Gasteiger charge is -2.17. The second kappa shape index (κ2) is 7.91. The third kappa shape index (κ3) is 3.85. The van der Waals surface area contributed by atoms with Crippen LogP contribution < -0.4 is 10.1 Å². The van der Waals surface area contributed by atoms with Gasteiger partial charge in [0.05, 0.1) is 18.2 Å². The molecule has 1 atom stereocenters. The molecule has 1 aliphatic heterocycles. The van der Waals surface area contributed by atoms with Crippen LogP contribution in [0.5, 0.6) is 5.75 Å². The van der Waals surface area contributed by atoms with E-state index in [0.29, 0.717) is 11.4 Å². The SMILES string of the molecule is COc1cccc(NC(=O)[C@H](C)OC(=O)CN2C(=O)c3ccccc3C2=O)c1. The molecule has 0 radical (unpaired) electrons. The van der Waals surface area contributed by atoms with Crippen molar-refractivity contribution in [1.82, 2.24) is 4.90 Å². The van der Waals surface area contributed by atoms with E-state index < -0.39 is 36.3 Å². The second-order valence-corrected chi connectivity index (χ2v) is 6.10. The first kappa shape index (κ1) is 19.1. The zero-order valence-electron chi connectivity index (χ0n) is 15.3. The van der Waals surface area contributed by atoms with Gasteiger partial charge in [0.2, 0.25) is 0 Å². The standard InChI is InChI=1S/C20H18N2O6/c1-12(18(24)21-13-6-5-7-14(10-13)27-2)28-17(23)11-22-19(25)15-8-3-4-9-16(15)20(22)26/h3-10,12H,11H2,1-2H3,(H,21,24)/t12-/m0/s1. The summed E-state index contributed by atoms with van der Waals surface area (Å²) in [5, 5.41) is 2.60. The molecule has 1 N–H and O–H groups in total. The number of anilines is 1. The third-order valence-corrected chi connectivity index (χ3v) is 4.18. The van der Waals surface area contributed by atoms with Crippen molar-refractivity contribution < 1.29 is 28.7 Å². The van der Waals surface area contributed by atoms with Crippen molar-refractivity contribution in [3.05, 3.63) is 59.7 Å². The van der Waals surface area contributed by atoms with Gasteiger partial charge in [0.1, 0.15) is 12.3 Å². The topological polar surface area (TPSA) is 102 Å². The van der Waals surface area contributed by atoms with E-state index >= 15 is 0 Å². The molecular weight excluding hydrogens is 364 g/mol. The highest BCUT2D eigenvalue weighted by atomic mass is 16.5. The molecule has 2 aromatic carbocycles. The van der Waals surface area contributed by atoms with Crippen LogP contribution >= 0.6 is 0 Å². The van der Waals surface area contributed by atoms with Crippen molar-refractivity contribution in [1.29, 1.82) is 0 Å². The van der Waals surface area contributed by atoms with Crippen molar-refractivity contribution in [2.75, 3.05) is 19.0 Å². The summed E-state index contributed by atoms with van der Waals surface area (Å²) in [6.45, 7) is 0.832. The zero-order valence-corrected chi connectivity index (χ0v) is 15.3. The number of rotatable bonds is 6. The van der Waals surface area contributed by atoms with Crippen LogP contribution in [0.2, 0.25) is 0 Å². The maximum Gasteiger partial charge on any atom is 0.326 e. The lowest BCUT2D eigenvalue weighted by molar-refractivity contribution is -0.153. The normalized spacial score (nSPS) is 13.7. The Morgan fingerprint density at radius 2 is 1.68 bits per heavy atom. The molecule has 0 spiro atoms. The van der Waals surface area contributed by atoms with Crippen molar-refractivity contribution >= 4 is 29.4 Å². The van der Waals surface area contributed by atoms with Crippen LogP contribution in [0.1, 0.15) is 27.6 Å². The molecule has 0 saturated carbocycles. The fraction of sp³-hybridized carbons (Fsp3) is 0.200. The van der Waals surface area contributed by atoms with Gasteiger partial charge in [-0.3, -0.25) is 24.1 Å². The van der Waals surface area contributed by atoms with E-state index in [1.807, 2.05) is 0 Å². The van der Waals surface area contributed by atoms with Gasteiger partial charge >= 0.3 is 5.97 Å². The number of carbonyl (C=O) groups excluding carboxylic acids is 4. The molecule has 1 heterocycles. The van der Waals surface area contributed by atoms with E-state index in [1.165, 1.54) is 26.2 Å². The Kier molecular flexibility index (Phi) is 5.39. The molecule has 0 unspecified atom stereocenters. The van der Waals surface area contributed by atoms with Crippen LogP contribution in [0.4, 0.5) is 5.69 Å². The summed E-state index contributed by atoms with van der Waals surface area (Å²) >= 11 is 0. The van der Waals surface area contributed by atoms with Crippen LogP contribution in [0.3, 0.4) is 0 Å². The van der Waals surface area contributed by atoms with E-state index in [1.54, 1.807) is 36.4 Å². The van der Waals surface area contributed by atoms with E-state index in [0.717, 1.165) is 4.90 Å². The van der Waals surface area contributed by atoms with Gasteiger partial charge in [-0.15, -0.1) is 0 Å². The number of nitrogens with one attached hydrogen (secondary N) is 1. The molecule has 0 bridgehead atoms. The summed E-state index contributed by atoms with van der Waals surface area (Å²) in [5.41, 5.74) is 0.959. The Balaban J connectivity index is 1.58. The molecule has 8 heteroatoms. The number of hydrogen-bond donors (Lipinski definition) is 1. The van der Waals surface area contributed by atoms with Gasteiger partial charge in [-0.2, -0.15) is 0 Å². The Hall–Kier alpha value is -3.68. The molecule has 28 heavy (non-hydrogen) atoms. The van der Waals surface area contributed by atoms with Gasteiger partial charge in [-0.05, 0) is 31.2 Å². The average Bonchev–Trinajstić information content (AvgIpc) is 2.93. The van der Waals surface area contributed by atoms with Crippen LogP contribution in [0.25, 0.3) is 0 Å². The van der Waals surface area contributed by atoms with E-state index in [4.69, 9.17) is 9.47 Å². The van der Waals surface area contributed by atoms with Gasteiger partial charge in [0.15, 0.2) is 6.10 Å². The van der Waals surface area contributed by atoms with E-state index in [2.05, 4.69) is 5.32 Å². The van der Waals surface area contributed by atoms with Gasteiger partial charge in [-0.25, -0.2) is 0 Å². The van der Waals surface area contributed by atoms with Gasteiger partial charge in [-0.1, -0.05) is 18.2 Å². The first-order chi connectivity index (χ1) is 13.4. The fourth-order valence-electron chi connectivity index (χ4n) is 2.74. The summed E-state index contributed by atoms with van der Waals surface area (Å²) < 4.78 is 10.1. The molecule has 2 aromatic rings. The summed E-state index contributed by atoms with van der Waals surface area (Å²) in [4.78, 5) is 49.7. The highest BCUT2D eigenvalue weighted by molar-refractivity contribution is 6.22. The minimum Gasteiger partial charge on any atom is -0.497 e. The smallest absolute Gasteiger partial charge is 0.326 e. The summed E-state index contributed by atoms with van der Waals surface area (Å²) in [6.07, 6.45) is -1.12. The highest BCUT2D eigenvalue weighted by Crippen LogP contribution is 2.22. The lowest BCUT2D eigenvalue weighted by atomic mass is 10.1. The maximum atomic E-state index is 12.3. The molecular formula is C20H18N2O6. The molecule has 0 aliphatic carbocycles. The van der Waals surface area contributed by atoms with Crippen LogP contribution in [0, 0.1) is 0 Å². The van der Waals surface area contributed by atoms with Crippen molar-refractivity contribution in [2.45, 2.75) is 13.0 Å². The first-order valence-corrected chi connectivity index (χ1v) is 8.50. The van der Waals surface area contributed by atoms with Crippen LogP contribution in [0.15, 0.2) is 48.5 Å². The van der Waals surface area contributed by atoms with E-state index in [9.17, 15) is 19.2 Å². The number of amides is 3. The lowest BCUT2D eigenvalue weighted by Crippen LogP contribution is -2.38. The number of methoxy groups -OCH3 is 1. The number of esters is 1. The minimum atomic E-state index is -1.12. The summed E-state index contributed by atoms with van der Waals surface area (Å²) in [7, 11) is 1.50. The molecule has 3 rings (SSSR count). The first-order valence-electron chi connectivity index (χ1n) is 8.50. The number of carbonyl (C=O) groups is 4. The number of fused-ring (bicyclic) bond motifs is 1. The molecule has 144 valence electrons. The number of ether oxygens (including phenoxy) is 2. The number of benzene rings is 2.